The van der Waals surface area contributed by atoms with Crippen molar-refractivity contribution in [1.29, 1.82) is 0 Å². The van der Waals surface area contributed by atoms with Gasteiger partial charge in [0.2, 0.25) is 5.91 Å². The molecule has 0 atom stereocenters. The molecular formula is C17H16FN3O2S2. The van der Waals surface area contributed by atoms with E-state index in [1.54, 1.807) is 19.2 Å². The Morgan fingerprint density at radius 2 is 2.08 bits per heavy atom. The van der Waals surface area contributed by atoms with Crippen molar-refractivity contribution in [3.8, 4) is 11.1 Å². The van der Waals surface area contributed by atoms with Crippen LogP contribution in [0.4, 0.5) is 4.39 Å². The number of carbonyl (C=O) groups is 1. The molecule has 1 amide bonds. The Labute approximate surface area is 151 Å². The Kier molecular flexibility index (Phi) is 5.19. The van der Waals surface area contributed by atoms with Gasteiger partial charge in [0.25, 0.3) is 5.56 Å². The molecule has 0 saturated carbocycles. The number of halogens is 1. The number of thioether (sulfide) groups is 1. The lowest BCUT2D eigenvalue weighted by Crippen LogP contribution is -2.23. The van der Waals surface area contributed by atoms with Gasteiger partial charge < -0.3 is 5.32 Å². The van der Waals surface area contributed by atoms with Gasteiger partial charge in [0.05, 0.1) is 5.39 Å². The van der Waals surface area contributed by atoms with Crippen molar-refractivity contribution in [2.45, 2.75) is 12.1 Å². The first-order chi connectivity index (χ1) is 12.0. The molecule has 1 aromatic carbocycles. The lowest BCUT2D eigenvalue weighted by molar-refractivity contribution is -0.118. The highest BCUT2D eigenvalue weighted by Gasteiger charge is 2.15. The van der Waals surface area contributed by atoms with Crippen LogP contribution in [0, 0.1) is 5.82 Å². The molecule has 0 unspecified atom stereocenters. The lowest BCUT2D eigenvalue weighted by Gasteiger charge is -2.08. The van der Waals surface area contributed by atoms with Crippen LogP contribution in [0.1, 0.15) is 6.92 Å². The van der Waals surface area contributed by atoms with E-state index in [1.807, 2.05) is 5.38 Å². The molecule has 2 aromatic heterocycles. The van der Waals surface area contributed by atoms with E-state index in [9.17, 15) is 14.0 Å². The van der Waals surface area contributed by atoms with Gasteiger partial charge >= 0.3 is 0 Å². The number of benzene rings is 1. The van der Waals surface area contributed by atoms with E-state index in [1.165, 1.54) is 46.7 Å². The normalized spacial score (nSPS) is 11.0. The van der Waals surface area contributed by atoms with Crippen LogP contribution in [0.25, 0.3) is 21.3 Å². The van der Waals surface area contributed by atoms with Crippen LogP contribution in [0.3, 0.4) is 0 Å². The van der Waals surface area contributed by atoms with E-state index in [0.717, 1.165) is 11.1 Å². The number of fused-ring (bicyclic) bond motifs is 1. The monoisotopic (exact) mass is 377 g/mol. The third kappa shape index (κ3) is 3.74. The first-order valence-corrected chi connectivity index (χ1v) is 9.45. The van der Waals surface area contributed by atoms with Crippen molar-refractivity contribution in [3.63, 3.8) is 0 Å². The number of nitrogens with zero attached hydrogens (tertiary/aromatic N) is 2. The van der Waals surface area contributed by atoms with Gasteiger partial charge in [-0.15, -0.1) is 11.3 Å². The molecule has 1 N–H and O–H groups in total. The number of amides is 1. The van der Waals surface area contributed by atoms with Gasteiger partial charge in [-0.2, -0.15) is 0 Å². The predicted molar refractivity (Wildman–Crippen MR) is 99.7 cm³/mol. The average molecular weight is 377 g/mol. The maximum atomic E-state index is 13.1. The summed E-state index contributed by atoms with van der Waals surface area (Å²) in [6.07, 6.45) is 0. The minimum atomic E-state index is -0.313. The van der Waals surface area contributed by atoms with Crippen molar-refractivity contribution in [1.82, 2.24) is 14.9 Å². The zero-order chi connectivity index (χ0) is 18.0. The number of nitrogens with one attached hydrogen (secondary N) is 1. The first kappa shape index (κ1) is 17.6. The summed E-state index contributed by atoms with van der Waals surface area (Å²) in [6, 6.07) is 6.07. The van der Waals surface area contributed by atoms with Crippen molar-refractivity contribution >= 4 is 39.2 Å². The van der Waals surface area contributed by atoms with Crippen LogP contribution in [-0.4, -0.2) is 27.8 Å². The smallest absolute Gasteiger partial charge is 0.263 e. The molecule has 25 heavy (non-hydrogen) atoms. The van der Waals surface area contributed by atoms with Gasteiger partial charge in [0.1, 0.15) is 10.6 Å². The Hall–Kier alpha value is -2.19. The third-order valence-corrected chi connectivity index (χ3v) is 5.54. The molecule has 0 aliphatic heterocycles. The minimum Gasteiger partial charge on any atom is -0.356 e. The molecule has 130 valence electrons. The maximum Gasteiger partial charge on any atom is 0.263 e. The maximum absolute atomic E-state index is 13.1. The van der Waals surface area contributed by atoms with Gasteiger partial charge in [-0.05, 0) is 17.7 Å². The quantitative estimate of drug-likeness (QED) is 0.422. The molecule has 3 aromatic rings. The fourth-order valence-corrected chi connectivity index (χ4v) is 4.21. The highest BCUT2D eigenvalue weighted by molar-refractivity contribution is 7.99. The van der Waals surface area contributed by atoms with Gasteiger partial charge in [-0.25, -0.2) is 9.37 Å². The fraction of sp³-hybridized carbons (Fsp3) is 0.235. The summed E-state index contributed by atoms with van der Waals surface area (Å²) in [4.78, 5) is 28.9. The number of hydrogen-bond acceptors (Lipinski definition) is 5. The SMILES string of the molecule is CC(=O)NCCSc1nc2scc(-c3ccc(F)cc3)c2c(=O)n1C. The molecule has 0 aliphatic carbocycles. The molecule has 8 heteroatoms. The Morgan fingerprint density at radius 3 is 2.76 bits per heavy atom. The van der Waals surface area contributed by atoms with E-state index in [-0.39, 0.29) is 17.3 Å². The third-order valence-electron chi connectivity index (χ3n) is 3.64. The molecule has 0 spiro atoms. The summed E-state index contributed by atoms with van der Waals surface area (Å²) in [5.41, 5.74) is 1.42. The van der Waals surface area contributed by atoms with Crippen molar-refractivity contribution in [2.75, 3.05) is 12.3 Å². The summed E-state index contributed by atoms with van der Waals surface area (Å²) < 4.78 is 14.6. The van der Waals surface area contributed by atoms with E-state index in [0.29, 0.717) is 27.7 Å². The molecule has 0 bridgehead atoms. The molecular weight excluding hydrogens is 361 g/mol. The standard InChI is InChI=1S/C17H16FN3O2S2/c1-10(22)19-7-8-24-17-20-15-14(16(23)21(17)2)13(9-25-15)11-3-5-12(18)6-4-11/h3-6,9H,7-8H2,1-2H3,(H,19,22). The fourth-order valence-electron chi connectivity index (χ4n) is 2.39. The van der Waals surface area contributed by atoms with E-state index in [4.69, 9.17) is 0 Å². The van der Waals surface area contributed by atoms with Crippen molar-refractivity contribution in [3.05, 3.63) is 45.8 Å². The second-order valence-corrected chi connectivity index (χ2v) is 7.35. The summed E-state index contributed by atoms with van der Waals surface area (Å²) in [5.74, 6) is 0.230. The van der Waals surface area contributed by atoms with E-state index in [2.05, 4.69) is 10.3 Å². The van der Waals surface area contributed by atoms with Gasteiger partial charge in [0.15, 0.2) is 5.16 Å². The zero-order valence-electron chi connectivity index (χ0n) is 13.7. The largest absolute Gasteiger partial charge is 0.356 e. The van der Waals surface area contributed by atoms with Crippen LogP contribution in [-0.2, 0) is 11.8 Å². The van der Waals surface area contributed by atoms with Gasteiger partial charge in [-0.3, -0.25) is 14.2 Å². The number of carbonyl (C=O) groups excluding carboxylic acids is 1. The molecule has 0 aliphatic rings. The Morgan fingerprint density at radius 1 is 1.36 bits per heavy atom. The Bertz CT molecular complexity index is 980. The van der Waals surface area contributed by atoms with Crippen LogP contribution in [0.15, 0.2) is 39.6 Å². The van der Waals surface area contributed by atoms with Crippen molar-refractivity contribution < 1.29 is 9.18 Å². The molecule has 3 rings (SSSR count). The highest BCUT2D eigenvalue weighted by Crippen LogP contribution is 2.32. The number of rotatable bonds is 5. The van der Waals surface area contributed by atoms with Crippen molar-refractivity contribution in [2.24, 2.45) is 7.05 Å². The van der Waals surface area contributed by atoms with E-state index >= 15 is 0 Å². The zero-order valence-corrected chi connectivity index (χ0v) is 15.3. The number of hydrogen-bond donors (Lipinski definition) is 1. The summed E-state index contributed by atoms with van der Waals surface area (Å²) in [5, 5.41) is 5.74. The summed E-state index contributed by atoms with van der Waals surface area (Å²) >= 11 is 2.81. The number of thiophene rings is 1. The second-order valence-electron chi connectivity index (χ2n) is 5.43. The predicted octanol–water partition coefficient (Wildman–Crippen LogP) is 3.03. The number of aromatic nitrogens is 2. The van der Waals surface area contributed by atoms with Gasteiger partial charge in [0, 0.05) is 37.2 Å². The summed E-state index contributed by atoms with van der Waals surface area (Å²) in [6.45, 7) is 1.98. The van der Waals surface area contributed by atoms with Crippen LogP contribution in [0.2, 0.25) is 0 Å². The molecule has 5 nitrogen and oxygen atoms in total. The van der Waals surface area contributed by atoms with Gasteiger partial charge in [-0.1, -0.05) is 23.9 Å². The topological polar surface area (TPSA) is 64.0 Å². The molecule has 2 heterocycles. The minimum absolute atomic E-state index is 0.0832. The average Bonchev–Trinajstić information content (AvgIpc) is 3.00. The molecule has 0 radical (unpaired) electrons. The summed E-state index contributed by atoms with van der Waals surface area (Å²) in [7, 11) is 1.68. The van der Waals surface area contributed by atoms with E-state index < -0.39 is 0 Å². The molecule has 0 fully saturated rings. The van der Waals surface area contributed by atoms with Crippen LogP contribution in [0.5, 0.6) is 0 Å². The first-order valence-electron chi connectivity index (χ1n) is 7.59. The Balaban J connectivity index is 1.95. The van der Waals surface area contributed by atoms with Crippen LogP contribution >= 0.6 is 23.1 Å². The molecule has 0 saturated heterocycles. The van der Waals surface area contributed by atoms with Crippen LogP contribution < -0.4 is 10.9 Å². The highest BCUT2D eigenvalue weighted by atomic mass is 32.2. The lowest BCUT2D eigenvalue weighted by atomic mass is 10.1. The second kappa shape index (κ2) is 7.37.